The molecule has 0 aromatic heterocycles. The molecule has 78 valence electrons. The highest BCUT2D eigenvalue weighted by Gasteiger charge is 2.29. The summed E-state index contributed by atoms with van der Waals surface area (Å²) in [6.45, 7) is 3.61. The van der Waals surface area contributed by atoms with Crippen LogP contribution in [0.25, 0.3) is 0 Å². The third-order valence-corrected chi connectivity index (χ3v) is 4.14. The Morgan fingerprint density at radius 1 is 1.57 bits per heavy atom. The minimum absolute atomic E-state index is 0.0464. The molecule has 0 unspecified atom stereocenters. The molecule has 0 bridgehead atoms. The second kappa shape index (κ2) is 3.74. The zero-order chi connectivity index (χ0) is 10.9. The third-order valence-electron chi connectivity index (χ3n) is 1.28. The Bertz CT molecular complexity index is 419. The molecule has 1 heterocycles. The van der Waals surface area contributed by atoms with Crippen molar-refractivity contribution in [2.75, 3.05) is 0 Å². The molecule has 1 aliphatic heterocycles. The Labute approximate surface area is 85.8 Å². The second-order valence-corrected chi connectivity index (χ2v) is 6.43. The van der Waals surface area contributed by atoms with E-state index in [2.05, 4.69) is 4.99 Å². The molecular formula is C7H9NO4S2. The van der Waals surface area contributed by atoms with Gasteiger partial charge in [0.05, 0.1) is 5.41 Å². The molecule has 0 spiro atoms. The highest BCUT2D eigenvalue weighted by atomic mass is 32.3. The Kier molecular flexibility index (Phi) is 3.01. The van der Waals surface area contributed by atoms with E-state index in [4.69, 9.17) is 5.11 Å². The zero-order valence-electron chi connectivity index (χ0n) is 7.59. The zero-order valence-corrected chi connectivity index (χ0v) is 9.22. The van der Waals surface area contributed by atoms with Crippen LogP contribution in [0.5, 0.6) is 0 Å². The van der Waals surface area contributed by atoms with E-state index in [1.54, 1.807) is 0 Å². The van der Waals surface area contributed by atoms with Crippen molar-refractivity contribution in [2.24, 2.45) is 4.99 Å². The number of hydrogen-bond donors (Lipinski definition) is 1. The van der Waals surface area contributed by atoms with Gasteiger partial charge in [-0.1, -0.05) is 25.6 Å². The van der Waals surface area contributed by atoms with Crippen LogP contribution in [0, 0.1) is 0 Å². The van der Waals surface area contributed by atoms with Crippen LogP contribution < -0.4 is 0 Å². The van der Waals surface area contributed by atoms with Crippen LogP contribution in [-0.2, 0) is 14.6 Å². The average Bonchev–Trinajstić information content (AvgIpc) is 2.26. The summed E-state index contributed by atoms with van der Waals surface area (Å²) in [5.74, 6) is -1.33. The van der Waals surface area contributed by atoms with Crippen molar-refractivity contribution in [3.63, 3.8) is 0 Å². The van der Waals surface area contributed by atoms with Gasteiger partial charge in [0, 0.05) is 5.25 Å². The van der Waals surface area contributed by atoms with Crippen LogP contribution in [0.1, 0.15) is 13.8 Å². The fourth-order valence-corrected chi connectivity index (χ4v) is 3.37. The van der Waals surface area contributed by atoms with Gasteiger partial charge in [-0.3, -0.25) is 0 Å². The summed E-state index contributed by atoms with van der Waals surface area (Å²) in [7, 11) is -3.61. The van der Waals surface area contributed by atoms with Gasteiger partial charge < -0.3 is 5.11 Å². The fraction of sp³-hybridized carbons (Fsp3) is 0.429. The van der Waals surface area contributed by atoms with E-state index in [1.165, 1.54) is 0 Å². The van der Waals surface area contributed by atoms with E-state index >= 15 is 0 Å². The lowest BCUT2D eigenvalue weighted by Crippen LogP contribution is -2.06. The van der Waals surface area contributed by atoms with Gasteiger partial charge in [-0.05, 0) is 0 Å². The van der Waals surface area contributed by atoms with Crippen LogP contribution >= 0.6 is 11.8 Å². The smallest absolute Gasteiger partial charge is 0.355 e. The molecular weight excluding hydrogens is 226 g/mol. The van der Waals surface area contributed by atoms with E-state index < -0.39 is 21.5 Å². The maximum Gasteiger partial charge on any atom is 0.355 e. The molecule has 0 saturated carbocycles. The second-order valence-electron chi connectivity index (χ2n) is 2.90. The molecule has 0 aliphatic carbocycles. The number of aliphatic imine (C=N–C) groups is 1. The highest BCUT2D eigenvalue weighted by Crippen LogP contribution is 2.25. The maximum atomic E-state index is 11.3. The molecule has 14 heavy (non-hydrogen) atoms. The topological polar surface area (TPSA) is 83.8 Å². The van der Waals surface area contributed by atoms with Crippen molar-refractivity contribution in [3.05, 3.63) is 11.1 Å². The first-order valence-corrected chi connectivity index (χ1v) is 6.21. The van der Waals surface area contributed by atoms with Crippen LogP contribution in [0.15, 0.2) is 16.1 Å². The normalized spacial score (nSPS) is 19.4. The van der Waals surface area contributed by atoms with Gasteiger partial charge in [-0.25, -0.2) is 18.2 Å². The third kappa shape index (κ3) is 2.36. The van der Waals surface area contributed by atoms with Gasteiger partial charge in [-0.15, -0.1) is 0 Å². The van der Waals surface area contributed by atoms with Crippen molar-refractivity contribution in [1.82, 2.24) is 0 Å². The number of carboxylic acids is 1. The molecule has 0 amide bonds. The number of rotatable bonds is 2. The van der Waals surface area contributed by atoms with E-state index in [0.717, 1.165) is 11.8 Å². The number of thioether (sulfide) groups is 1. The molecule has 7 heteroatoms. The maximum absolute atomic E-state index is 11.3. The molecule has 0 atom stereocenters. The van der Waals surface area contributed by atoms with Gasteiger partial charge in [0.15, 0.2) is 10.1 Å². The summed E-state index contributed by atoms with van der Waals surface area (Å²) in [6, 6.07) is 0. The summed E-state index contributed by atoms with van der Waals surface area (Å²) < 4.78 is 22.5. The van der Waals surface area contributed by atoms with Gasteiger partial charge in [0.1, 0.15) is 0 Å². The monoisotopic (exact) mass is 235 g/mol. The molecule has 0 fully saturated rings. The van der Waals surface area contributed by atoms with Crippen molar-refractivity contribution in [1.29, 1.82) is 0 Å². The summed E-state index contributed by atoms with van der Waals surface area (Å²) >= 11 is 1.04. The predicted octanol–water partition coefficient (Wildman–Crippen LogP) is 0.838. The van der Waals surface area contributed by atoms with Crippen molar-refractivity contribution in [2.45, 2.75) is 19.1 Å². The van der Waals surface area contributed by atoms with E-state index in [9.17, 15) is 13.2 Å². The van der Waals surface area contributed by atoms with Crippen LogP contribution in [0.2, 0.25) is 0 Å². The van der Waals surface area contributed by atoms with Gasteiger partial charge in [-0.2, -0.15) is 0 Å². The minimum Gasteiger partial charge on any atom is -0.476 e. The van der Waals surface area contributed by atoms with Gasteiger partial charge in [0.2, 0.25) is 9.84 Å². The predicted molar refractivity (Wildman–Crippen MR) is 54.8 cm³/mol. The van der Waals surface area contributed by atoms with Gasteiger partial charge in [0.25, 0.3) is 0 Å². The van der Waals surface area contributed by atoms with E-state index in [-0.39, 0.29) is 9.63 Å². The fourth-order valence-electron chi connectivity index (χ4n) is 0.779. The molecule has 0 aromatic carbocycles. The van der Waals surface area contributed by atoms with Gasteiger partial charge >= 0.3 is 5.97 Å². The van der Waals surface area contributed by atoms with Crippen molar-refractivity contribution >= 4 is 31.9 Å². The summed E-state index contributed by atoms with van der Waals surface area (Å²) in [4.78, 5) is 14.0. The highest BCUT2D eigenvalue weighted by molar-refractivity contribution is 8.36. The summed E-state index contributed by atoms with van der Waals surface area (Å²) in [6.07, 6.45) is 0. The number of aliphatic carboxylic acids is 1. The Morgan fingerprint density at radius 3 is 2.50 bits per heavy atom. The Morgan fingerprint density at radius 2 is 2.14 bits per heavy atom. The largest absolute Gasteiger partial charge is 0.476 e. The number of nitrogens with zero attached hydrogens (tertiary/aromatic N) is 1. The number of carboxylic acid groups (broad SMARTS) is 1. The lowest BCUT2D eigenvalue weighted by atomic mass is 10.5. The lowest BCUT2D eigenvalue weighted by Gasteiger charge is -2.01. The first-order chi connectivity index (χ1) is 6.33. The Hall–Kier alpha value is -0.820. The van der Waals surface area contributed by atoms with Crippen LogP contribution in [0.4, 0.5) is 0 Å². The number of hydrogen-bond acceptors (Lipinski definition) is 5. The minimum atomic E-state index is -3.61. The molecule has 0 aromatic rings. The lowest BCUT2D eigenvalue weighted by molar-refractivity contribution is -0.132. The standard InChI is InChI=1S/C7H9NO4S2/c1-4(2)13-7-8-5(6(9)10)3-14(7,11)12/h3-4H,1-2H3,(H,9,10). The quantitative estimate of drug-likeness (QED) is 0.766. The SMILES string of the molecule is CC(C)SC1=NC(C(=O)O)=CS1(=O)=O. The number of carbonyl (C=O) groups is 1. The molecule has 0 saturated heterocycles. The average molecular weight is 235 g/mol. The van der Waals surface area contributed by atoms with Crippen molar-refractivity contribution < 1.29 is 18.3 Å². The first-order valence-electron chi connectivity index (χ1n) is 3.78. The van der Waals surface area contributed by atoms with Crippen molar-refractivity contribution in [3.8, 4) is 0 Å². The molecule has 5 nitrogen and oxygen atoms in total. The molecule has 1 aliphatic rings. The Balaban J connectivity index is 3.02. The summed E-state index contributed by atoms with van der Waals surface area (Å²) in [5, 5.41) is 9.28. The number of sulfone groups is 1. The molecule has 1 rings (SSSR count). The first kappa shape index (κ1) is 11.3. The summed E-state index contributed by atoms with van der Waals surface area (Å²) in [5.41, 5.74) is -0.423. The van der Waals surface area contributed by atoms with E-state index in [0.29, 0.717) is 5.41 Å². The molecule has 1 N–H and O–H groups in total. The molecule has 0 radical (unpaired) electrons. The van der Waals surface area contributed by atoms with Crippen LogP contribution in [-0.4, -0.2) is 29.1 Å². The van der Waals surface area contributed by atoms with Crippen LogP contribution in [0.3, 0.4) is 0 Å². The van der Waals surface area contributed by atoms with E-state index in [1.807, 2.05) is 13.8 Å².